The second kappa shape index (κ2) is 5.13. The number of para-hydroxylation sites is 1. The lowest BCUT2D eigenvalue weighted by Crippen LogP contribution is -2.44. The molecule has 0 saturated heterocycles. The van der Waals surface area contributed by atoms with Gasteiger partial charge in [-0.25, -0.2) is 0 Å². The van der Waals surface area contributed by atoms with E-state index in [1.165, 1.54) is 0 Å². The standard InChI is InChI=1S/C19H13ClF3NO/c1-11-14-4-2-3-5-16(14)24-17(11)15(10-18(24,25)19(21,22)23)12-6-8-13(20)9-7-12/h2-10,25H,1H3. The molecule has 0 aliphatic carbocycles. The van der Waals surface area contributed by atoms with E-state index >= 15 is 0 Å². The van der Waals surface area contributed by atoms with Crippen molar-refractivity contribution in [2.75, 3.05) is 0 Å². The van der Waals surface area contributed by atoms with E-state index in [0.717, 1.165) is 10.6 Å². The molecule has 3 aromatic rings. The quantitative estimate of drug-likeness (QED) is 0.627. The number of aryl methyl sites for hydroxylation is 1. The molecule has 2 nitrogen and oxygen atoms in total. The number of benzene rings is 2. The van der Waals surface area contributed by atoms with Crippen LogP contribution in [0.2, 0.25) is 5.02 Å². The minimum atomic E-state index is -4.86. The Morgan fingerprint density at radius 1 is 1.04 bits per heavy atom. The lowest BCUT2D eigenvalue weighted by Gasteiger charge is -2.27. The molecule has 4 rings (SSSR count). The molecule has 1 aliphatic heterocycles. The van der Waals surface area contributed by atoms with Gasteiger partial charge in [-0.2, -0.15) is 13.2 Å². The summed E-state index contributed by atoms with van der Waals surface area (Å²) in [5.41, 5.74) is -0.789. The highest BCUT2D eigenvalue weighted by Gasteiger charge is 2.58. The second-order valence-electron chi connectivity index (χ2n) is 6.11. The van der Waals surface area contributed by atoms with Crippen LogP contribution in [0.1, 0.15) is 16.8 Å². The van der Waals surface area contributed by atoms with Gasteiger partial charge in [-0.15, -0.1) is 0 Å². The molecule has 128 valence electrons. The topological polar surface area (TPSA) is 25.2 Å². The number of hydrogen-bond acceptors (Lipinski definition) is 1. The van der Waals surface area contributed by atoms with Crippen LogP contribution in [0, 0.1) is 6.92 Å². The fourth-order valence-electron chi connectivity index (χ4n) is 3.47. The highest BCUT2D eigenvalue weighted by Crippen LogP contribution is 2.49. The maximum absolute atomic E-state index is 13.8. The Balaban J connectivity index is 2.09. The zero-order chi connectivity index (χ0) is 18.0. The van der Waals surface area contributed by atoms with Crippen LogP contribution in [-0.2, 0) is 5.72 Å². The number of aliphatic hydroxyl groups is 1. The van der Waals surface area contributed by atoms with Gasteiger partial charge in [0.25, 0.3) is 5.72 Å². The minimum Gasteiger partial charge on any atom is -0.360 e. The van der Waals surface area contributed by atoms with Gasteiger partial charge in [-0.3, -0.25) is 0 Å². The summed E-state index contributed by atoms with van der Waals surface area (Å²) in [4.78, 5) is 0. The fourth-order valence-corrected chi connectivity index (χ4v) is 3.60. The Hall–Kier alpha value is -2.24. The highest BCUT2D eigenvalue weighted by molar-refractivity contribution is 6.30. The predicted octanol–water partition coefficient (Wildman–Crippen LogP) is 5.26. The van der Waals surface area contributed by atoms with Crippen LogP contribution < -0.4 is 0 Å². The van der Waals surface area contributed by atoms with Gasteiger partial charge in [0.2, 0.25) is 0 Å². The van der Waals surface area contributed by atoms with Gasteiger partial charge in [-0.05, 0) is 42.3 Å². The SMILES string of the molecule is Cc1c2n(c3ccccc13)C(O)(C(F)(F)F)C=C2c1ccc(Cl)cc1. The van der Waals surface area contributed by atoms with E-state index in [2.05, 4.69) is 0 Å². The van der Waals surface area contributed by atoms with E-state index in [1.54, 1.807) is 55.5 Å². The predicted molar refractivity (Wildman–Crippen MR) is 91.5 cm³/mol. The van der Waals surface area contributed by atoms with Crippen molar-refractivity contribution in [2.45, 2.75) is 18.8 Å². The van der Waals surface area contributed by atoms with Crippen molar-refractivity contribution in [2.24, 2.45) is 0 Å². The third kappa shape index (κ3) is 2.16. The summed E-state index contributed by atoms with van der Waals surface area (Å²) in [5.74, 6) is 0. The number of nitrogens with zero attached hydrogens (tertiary/aromatic N) is 1. The van der Waals surface area contributed by atoms with E-state index < -0.39 is 11.9 Å². The number of aromatic nitrogens is 1. The number of fused-ring (bicyclic) bond motifs is 3. The summed E-state index contributed by atoms with van der Waals surface area (Å²) in [6.45, 7) is 1.76. The second-order valence-corrected chi connectivity index (χ2v) is 6.55. The number of halogens is 4. The third-order valence-corrected chi connectivity index (χ3v) is 4.89. The van der Waals surface area contributed by atoms with Crippen molar-refractivity contribution >= 4 is 28.1 Å². The van der Waals surface area contributed by atoms with Crippen molar-refractivity contribution in [1.82, 2.24) is 4.57 Å². The van der Waals surface area contributed by atoms with Gasteiger partial charge in [0.15, 0.2) is 0 Å². The molecule has 25 heavy (non-hydrogen) atoms. The monoisotopic (exact) mass is 363 g/mol. The highest BCUT2D eigenvalue weighted by atomic mass is 35.5. The van der Waals surface area contributed by atoms with Gasteiger partial charge < -0.3 is 9.67 Å². The summed E-state index contributed by atoms with van der Waals surface area (Å²) >= 11 is 5.89. The average molecular weight is 364 g/mol. The summed E-state index contributed by atoms with van der Waals surface area (Å²) in [7, 11) is 0. The molecule has 0 saturated carbocycles. The first-order valence-corrected chi connectivity index (χ1v) is 8.00. The summed E-state index contributed by atoms with van der Waals surface area (Å²) in [6, 6.07) is 13.3. The first kappa shape index (κ1) is 16.2. The van der Waals surface area contributed by atoms with Gasteiger partial charge in [0.1, 0.15) is 0 Å². The molecule has 0 radical (unpaired) electrons. The Bertz CT molecular complexity index is 1020. The molecule has 0 bridgehead atoms. The molecule has 1 atom stereocenters. The van der Waals surface area contributed by atoms with Gasteiger partial charge in [0, 0.05) is 16.0 Å². The zero-order valence-electron chi connectivity index (χ0n) is 13.1. The van der Waals surface area contributed by atoms with E-state index in [9.17, 15) is 18.3 Å². The van der Waals surface area contributed by atoms with Crippen LogP contribution in [0.4, 0.5) is 13.2 Å². The molecular formula is C19H13ClF3NO. The van der Waals surface area contributed by atoms with E-state index in [1.807, 2.05) is 0 Å². The van der Waals surface area contributed by atoms with E-state index in [0.29, 0.717) is 38.3 Å². The molecule has 6 heteroatoms. The van der Waals surface area contributed by atoms with Crippen LogP contribution in [0.3, 0.4) is 0 Å². The molecule has 0 fully saturated rings. The molecule has 1 aliphatic rings. The van der Waals surface area contributed by atoms with Crippen molar-refractivity contribution in [1.29, 1.82) is 0 Å². The van der Waals surface area contributed by atoms with Gasteiger partial charge in [0.05, 0.1) is 11.2 Å². The maximum atomic E-state index is 13.8. The minimum absolute atomic E-state index is 0.338. The molecule has 0 amide bonds. The molecular weight excluding hydrogens is 351 g/mol. The zero-order valence-corrected chi connectivity index (χ0v) is 13.9. The number of hydrogen-bond donors (Lipinski definition) is 1. The van der Waals surface area contributed by atoms with Crippen LogP contribution >= 0.6 is 11.6 Å². The number of rotatable bonds is 1. The third-order valence-electron chi connectivity index (χ3n) is 4.64. The Morgan fingerprint density at radius 2 is 1.68 bits per heavy atom. The molecule has 1 unspecified atom stereocenters. The molecule has 2 aromatic carbocycles. The molecule has 1 N–H and O–H groups in total. The lowest BCUT2D eigenvalue weighted by molar-refractivity contribution is -0.272. The first-order chi connectivity index (χ1) is 11.7. The van der Waals surface area contributed by atoms with Crippen LogP contribution in [-0.4, -0.2) is 15.8 Å². The van der Waals surface area contributed by atoms with Crippen molar-refractivity contribution in [3.8, 4) is 0 Å². The van der Waals surface area contributed by atoms with E-state index in [-0.39, 0.29) is 0 Å². The fraction of sp³-hybridized carbons (Fsp3) is 0.158. The summed E-state index contributed by atoms with van der Waals surface area (Å²) < 4.78 is 42.3. The first-order valence-electron chi connectivity index (χ1n) is 7.63. The maximum Gasteiger partial charge on any atom is 0.441 e. The molecule has 2 heterocycles. The van der Waals surface area contributed by atoms with E-state index in [4.69, 9.17) is 11.6 Å². The average Bonchev–Trinajstić information content (AvgIpc) is 3.04. The van der Waals surface area contributed by atoms with Gasteiger partial charge in [-0.1, -0.05) is 41.9 Å². The van der Waals surface area contributed by atoms with Crippen LogP contribution in [0.25, 0.3) is 16.5 Å². The number of alkyl halides is 3. The Kier molecular flexibility index (Phi) is 3.33. The molecule has 0 spiro atoms. The van der Waals surface area contributed by atoms with Crippen molar-refractivity contribution < 1.29 is 18.3 Å². The summed E-state index contributed by atoms with van der Waals surface area (Å²) in [6.07, 6.45) is -3.98. The van der Waals surface area contributed by atoms with Gasteiger partial charge >= 0.3 is 6.18 Å². The summed E-state index contributed by atoms with van der Waals surface area (Å²) in [5, 5.41) is 11.8. The van der Waals surface area contributed by atoms with Crippen molar-refractivity contribution in [3.05, 3.63) is 76.5 Å². The van der Waals surface area contributed by atoms with Crippen molar-refractivity contribution in [3.63, 3.8) is 0 Å². The van der Waals surface area contributed by atoms with Crippen LogP contribution in [0.5, 0.6) is 0 Å². The lowest BCUT2D eigenvalue weighted by atomic mass is 9.99. The smallest absolute Gasteiger partial charge is 0.360 e. The Labute approximate surface area is 146 Å². The van der Waals surface area contributed by atoms with Crippen LogP contribution in [0.15, 0.2) is 54.6 Å². The largest absolute Gasteiger partial charge is 0.441 e. The molecule has 1 aromatic heterocycles. The normalized spacial score (nSPS) is 20.0. The Morgan fingerprint density at radius 3 is 2.32 bits per heavy atom.